The molecular formula is C19H28FNO2. The van der Waals surface area contributed by atoms with Gasteiger partial charge in [-0.25, -0.2) is 4.39 Å². The number of nitrogens with zero attached hydrogens (tertiary/aromatic N) is 1. The summed E-state index contributed by atoms with van der Waals surface area (Å²) in [5.74, 6) is 0.435. The number of hydrogen-bond donors (Lipinski definition) is 1. The molecule has 0 amide bonds. The number of hydrogen-bond acceptors (Lipinski definition) is 3. The number of likely N-dealkylation sites (tertiary alicyclic amines) is 1. The maximum atomic E-state index is 14.6. The van der Waals surface area contributed by atoms with Crippen molar-refractivity contribution in [2.24, 2.45) is 11.3 Å². The van der Waals surface area contributed by atoms with Gasteiger partial charge in [0.2, 0.25) is 0 Å². The van der Waals surface area contributed by atoms with Gasteiger partial charge in [0, 0.05) is 11.5 Å². The lowest BCUT2D eigenvalue weighted by molar-refractivity contribution is -0.122. The highest BCUT2D eigenvalue weighted by molar-refractivity contribution is 5.53. The number of aliphatic hydroxyl groups is 1. The summed E-state index contributed by atoms with van der Waals surface area (Å²) in [5.41, 5.74) is 0.969. The minimum Gasteiger partial charge on any atom is -0.496 e. The van der Waals surface area contributed by atoms with Gasteiger partial charge in [0.1, 0.15) is 11.6 Å². The average Bonchev–Trinajstić information content (AvgIpc) is 2.72. The van der Waals surface area contributed by atoms with Crippen molar-refractivity contribution in [3.05, 3.63) is 28.6 Å². The SMILES string of the molecule is COc1cc(F)c2c(c1C)C(O)(C1CCN(C)CC1)C(C)(C)C2. The van der Waals surface area contributed by atoms with Crippen LogP contribution >= 0.6 is 0 Å². The first kappa shape index (κ1) is 16.7. The third-order valence-electron chi connectivity index (χ3n) is 6.15. The fourth-order valence-corrected chi connectivity index (χ4v) is 4.78. The molecule has 1 fully saturated rings. The maximum absolute atomic E-state index is 14.6. The van der Waals surface area contributed by atoms with Crippen molar-refractivity contribution < 1.29 is 14.2 Å². The van der Waals surface area contributed by atoms with Crippen LogP contribution in [-0.4, -0.2) is 37.3 Å². The van der Waals surface area contributed by atoms with Crippen molar-refractivity contribution >= 4 is 0 Å². The molecule has 0 aromatic heterocycles. The summed E-state index contributed by atoms with van der Waals surface area (Å²) in [6.45, 7) is 8.03. The zero-order valence-electron chi connectivity index (χ0n) is 14.9. The highest BCUT2D eigenvalue weighted by atomic mass is 19.1. The van der Waals surface area contributed by atoms with Gasteiger partial charge in [-0.15, -0.1) is 0 Å². The summed E-state index contributed by atoms with van der Waals surface area (Å²) >= 11 is 0. The molecule has 1 saturated heterocycles. The molecule has 1 aromatic rings. The Bertz CT molecular complexity index is 620. The van der Waals surface area contributed by atoms with E-state index in [4.69, 9.17) is 4.74 Å². The fraction of sp³-hybridized carbons (Fsp3) is 0.684. The Hall–Kier alpha value is -1.13. The molecule has 1 aliphatic heterocycles. The number of fused-ring (bicyclic) bond motifs is 1. The Labute approximate surface area is 138 Å². The second-order valence-corrected chi connectivity index (χ2v) is 7.94. The first-order valence-corrected chi connectivity index (χ1v) is 8.49. The standard InChI is InChI=1S/C19H28FNO2/c1-12-16(23-5)10-15(20)14-11-18(2,3)19(22,17(12)14)13-6-8-21(4)9-7-13/h10,13,22H,6-9,11H2,1-5H3. The Morgan fingerprint density at radius 2 is 1.91 bits per heavy atom. The van der Waals surface area contributed by atoms with Gasteiger partial charge >= 0.3 is 0 Å². The van der Waals surface area contributed by atoms with E-state index >= 15 is 0 Å². The molecule has 1 N–H and O–H groups in total. The molecule has 1 aliphatic carbocycles. The minimum atomic E-state index is -0.997. The molecule has 0 bridgehead atoms. The molecule has 0 radical (unpaired) electrons. The second kappa shape index (κ2) is 5.45. The predicted molar refractivity (Wildman–Crippen MR) is 89.3 cm³/mol. The topological polar surface area (TPSA) is 32.7 Å². The molecule has 4 heteroatoms. The van der Waals surface area contributed by atoms with Crippen molar-refractivity contribution in [1.82, 2.24) is 4.90 Å². The van der Waals surface area contributed by atoms with Crippen molar-refractivity contribution in [3.8, 4) is 5.75 Å². The minimum absolute atomic E-state index is 0.153. The summed E-state index contributed by atoms with van der Waals surface area (Å²) in [4.78, 5) is 2.29. The van der Waals surface area contributed by atoms with Crippen LogP contribution in [-0.2, 0) is 12.0 Å². The van der Waals surface area contributed by atoms with Gasteiger partial charge in [0.25, 0.3) is 0 Å². The Morgan fingerprint density at radius 3 is 2.48 bits per heavy atom. The van der Waals surface area contributed by atoms with Crippen molar-refractivity contribution in [3.63, 3.8) is 0 Å². The van der Waals surface area contributed by atoms with Crippen LogP contribution in [0.4, 0.5) is 4.39 Å². The van der Waals surface area contributed by atoms with Crippen molar-refractivity contribution in [1.29, 1.82) is 0 Å². The van der Waals surface area contributed by atoms with Gasteiger partial charge in [0.15, 0.2) is 0 Å². The van der Waals surface area contributed by atoms with Crippen LogP contribution in [0, 0.1) is 24.1 Å². The van der Waals surface area contributed by atoms with E-state index in [1.54, 1.807) is 7.11 Å². The maximum Gasteiger partial charge on any atom is 0.130 e. The number of benzene rings is 1. The monoisotopic (exact) mass is 321 g/mol. The van der Waals surface area contributed by atoms with E-state index in [-0.39, 0.29) is 17.2 Å². The number of halogens is 1. The quantitative estimate of drug-likeness (QED) is 0.907. The van der Waals surface area contributed by atoms with E-state index < -0.39 is 5.60 Å². The lowest BCUT2D eigenvalue weighted by Crippen LogP contribution is -2.49. The molecule has 1 aromatic carbocycles. The molecule has 1 heterocycles. The Kier molecular flexibility index (Phi) is 3.96. The molecule has 3 rings (SSSR count). The van der Waals surface area contributed by atoms with Gasteiger partial charge in [-0.2, -0.15) is 0 Å². The lowest BCUT2D eigenvalue weighted by atomic mass is 9.65. The number of rotatable bonds is 2. The first-order chi connectivity index (χ1) is 10.7. The fourth-order valence-electron chi connectivity index (χ4n) is 4.78. The van der Waals surface area contributed by atoms with Crippen LogP contribution in [0.5, 0.6) is 5.75 Å². The van der Waals surface area contributed by atoms with E-state index in [2.05, 4.69) is 25.8 Å². The summed E-state index contributed by atoms with van der Waals surface area (Å²) in [6, 6.07) is 1.46. The highest BCUT2D eigenvalue weighted by Gasteiger charge is 2.57. The highest BCUT2D eigenvalue weighted by Crippen LogP contribution is 2.58. The molecule has 23 heavy (non-hydrogen) atoms. The summed E-state index contributed by atoms with van der Waals surface area (Å²) < 4.78 is 20.0. The largest absolute Gasteiger partial charge is 0.496 e. The lowest BCUT2D eigenvalue weighted by Gasteiger charge is -2.47. The molecule has 0 spiro atoms. The van der Waals surface area contributed by atoms with E-state index in [9.17, 15) is 9.50 Å². The van der Waals surface area contributed by atoms with E-state index in [1.807, 2.05) is 6.92 Å². The van der Waals surface area contributed by atoms with Gasteiger partial charge in [-0.05, 0) is 68.9 Å². The van der Waals surface area contributed by atoms with E-state index in [1.165, 1.54) is 6.07 Å². The van der Waals surface area contributed by atoms with Crippen LogP contribution in [0.2, 0.25) is 0 Å². The summed E-state index contributed by atoms with van der Waals surface area (Å²) in [5, 5.41) is 11.9. The molecular weight excluding hydrogens is 293 g/mol. The van der Waals surface area contributed by atoms with E-state index in [0.717, 1.165) is 37.1 Å². The zero-order valence-corrected chi connectivity index (χ0v) is 14.9. The van der Waals surface area contributed by atoms with E-state index in [0.29, 0.717) is 17.7 Å². The number of piperidine rings is 1. The van der Waals surface area contributed by atoms with Crippen molar-refractivity contribution in [2.45, 2.75) is 45.6 Å². The molecule has 0 saturated carbocycles. The summed E-state index contributed by atoms with van der Waals surface area (Å²) in [7, 11) is 3.67. The Balaban J connectivity index is 2.16. The third-order valence-corrected chi connectivity index (χ3v) is 6.15. The van der Waals surface area contributed by atoms with Gasteiger partial charge in [-0.1, -0.05) is 13.8 Å². The van der Waals surface area contributed by atoms with Crippen LogP contribution in [0.3, 0.4) is 0 Å². The van der Waals surface area contributed by atoms with Gasteiger partial charge in [0.05, 0.1) is 12.7 Å². The second-order valence-electron chi connectivity index (χ2n) is 7.94. The third kappa shape index (κ3) is 2.30. The normalized spacial score (nSPS) is 28.0. The van der Waals surface area contributed by atoms with Gasteiger partial charge in [-0.3, -0.25) is 0 Å². The molecule has 2 aliphatic rings. The molecule has 3 nitrogen and oxygen atoms in total. The van der Waals surface area contributed by atoms with Crippen LogP contribution in [0.15, 0.2) is 6.07 Å². The molecule has 1 unspecified atom stereocenters. The number of methoxy groups -OCH3 is 1. The molecule has 1 atom stereocenters. The smallest absolute Gasteiger partial charge is 0.130 e. The zero-order chi connectivity index (χ0) is 17.0. The summed E-state index contributed by atoms with van der Waals surface area (Å²) in [6.07, 6.45) is 2.45. The Morgan fingerprint density at radius 1 is 1.30 bits per heavy atom. The van der Waals surface area contributed by atoms with Crippen molar-refractivity contribution in [2.75, 3.05) is 27.2 Å². The average molecular weight is 321 g/mol. The van der Waals surface area contributed by atoms with Crippen LogP contribution in [0.1, 0.15) is 43.4 Å². The van der Waals surface area contributed by atoms with Gasteiger partial charge < -0.3 is 14.7 Å². The molecule has 128 valence electrons. The van der Waals surface area contributed by atoms with Crippen LogP contribution < -0.4 is 4.74 Å². The predicted octanol–water partition coefficient (Wildman–Crippen LogP) is 3.25. The number of ether oxygens (including phenoxy) is 1. The van der Waals surface area contributed by atoms with Crippen LogP contribution in [0.25, 0.3) is 0 Å². The first-order valence-electron chi connectivity index (χ1n) is 8.49.